The van der Waals surface area contributed by atoms with Crippen LogP contribution in [0.4, 0.5) is 0 Å². The number of aliphatic hydroxyl groups excluding tert-OH is 1. The van der Waals surface area contributed by atoms with Crippen LogP contribution in [0.3, 0.4) is 0 Å². The summed E-state index contributed by atoms with van der Waals surface area (Å²) in [5, 5.41) is 21.9. The van der Waals surface area contributed by atoms with Crippen LogP contribution in [0.2, 0.25) is 0 Å². The van der Waals surface area contributed by atoms with Crippen LogP contribution in [0.25, 0.3) is 0 Å². The number of aliphatic carboxylic acids is 1. The molecular formula is C28H34N4O3. The summed E-state index contributed by atoms with van der Waals surface area (Å²) >= 11 is 0. The quantitative estimate of drug-likeness (QED) is 0.411. The molecule has 3 aromatic rings. The Bertz CT molecular complexity index is 1180. The van der Waals surface area contributed by atoms with Gasteiger partial charge in [-0.05, 0) is 72.6 Å². The van der Waals surface area contributed by atoms with Crippen molar-refractivity contribution >= 4 is 5.97 Å². The smallest absolute Gasteiger partial charge is 0.317 e. The van der Waals surface area contributed by atoms with Gasteiger partial charge in [0.2, 0.25) is 0 Å². The van der Waals surface area contributed by atoms with Crippen LogP contribution < -0.4 is 5.32 Å². The van der Waals surface area contributed by atoms with E-state index in [9.17, 15) is 9.90 Å². The fraction of sp³-hybridized carbons (Fsp3) is 0.393. The lowest BCUT2D eigenvalue weighted by molar-refractivity contribution is -0.136. The zero-order valence-corrected chi connectivity index (χ0v) is 20.5. The van der Waals surface area contributed by atoms with Crippen molar-refractivity contribution in [2.45, 2.75) is 65.4 Å². The molecule has 4 rings (SSSR count). The molecule has 0 amide bonds. The minimum Gasteiger partial charge on any atom is -0.480 e. The summed E-state index contributed by atoms with van der Waals surface area (Å²) in [7, 11) is 0. The number of aliphatic hydroxyl groups is 1. The van der Waals surface area contributed by atoms with Gasteiger partial charge in [0, 0.05) is 32.0 Å². The number of fused-ring (bicyclic) bond motifs is 1. The van der Waals surface area contributed by atoms with Crippen LogP contribution in [0.1, 0.15) is 63.7 Å². The second kappa shape index (κ2) is 11.5. The van der Waals surface area contributed by atoms with E-state index in [-0.39, 0.29) is 19.2 Å². The highest BCUT2D eigenvalue weighted by molar-refractivity contribution is 5.69. The number of nitrogens with one attached hydrogen (secondary N) is 1. The Morgan fingerprint density at radius 1 is 1.14 bits per heavy atom. The van der Waals surface area contributed by atoms with Crippen LogP contribution in [0, 0.1) is 13.8 Å². The van der Waals surface area contributed by atoms with Crippen molar-refractivity contribution in [2.75, 3.05) is 6.54 Å². The first-order valence-corrected chi connectivity index (χ1v) is 12.2. The van der Waals surface area contributed by atoms with Gasteiger partial charge in [-0.2, -0.15) is 0 Å². The predicted molar refractivity (Wildman–Crippen MR) is 135 cm³/mol. The number of nitrogens with zero attached hydrogens (tertiary/aromatic N) is 3. The van der Waals surface area contributed by atoms with Crippen molar-refractivity contribution in [1.82, 2.24) is 20.2 Å². The topological polar surface area (TPSA) is 98.6 Å². The summed E-state index contributed by atoms with van der Waals surface area (Å²) in [5.41, 5.74) is 8.70. The van der Waals surface area contributed by atoms with Crippen molar-refractivity contribution < 1.29 is 15.0 Å². The van der Waals surface area contributed by atoms with Gasteiger partial charge in [0.1, 0.15) is 0 Å². The van der Waals surface area contributed by atoms with E-state index in [1.807, 2.05) is 36.7 Å². The maximum Gasteiger partial charge on any atom is 0.317 e. The number of aromatic nitrogens is 2. The molecule has 1 aromatic carbocycles. The van der Waals surface area contributed by atoms with Gasteiger partial charge >= 0.3 is 5.97 Å². The molecule has 0 saturated heterocycles. The Kier molecular flexibility index (Phi) is 8.23. The number of carbonyl (C=O) groups is 1. The van der Waals surface area contributed by atoms with Gasteiger partial charge in [-0.3, -0.25) is 19.7 Å². The number of carboxylic acid groups (broad SMARTS) is 1. The van der Waals surface area contributed by atoms with Gasteiger partial charge in [0.25, 0.3) is 0 Å². The number of carboxylic acids is 1. The van der Waals surface area contributed by atoms with E-state index in [4.69, 9.17) is 15.1 Å². The highest BCUT2D eigenvalue weighted by Crippen LogP contribution is 2.35. The first-order chi connectivity index (χ1) is 16.9. The Hall–Kier alpha value is -3.13. The second-order valence-electron chi connectivity index (χ2n) is 9.40. The monoisotopic (exact) mass is 474 g/mol. The van der Waals surface area contributed by atoms with Gasteiger partial charge in [0.05, 0.1) is 30.6 Å². The van der Waals surface area contributed by atoms with E-state index in [1.165, 1.54) is 11.1 Å². The molecule has 0 fully saturated rings. The third-order valence-electron chi connectivity index (χ3n) is 6.70. The lowest BCUT2D eigenvalue weighted by Crippen LogP contribution is -2.32. The number of pyridine rings is 2. The molecule has 7 heteroatoms. The molecule has 1 aliphatic rings. The van der Waals surface area contributed by atoms with Crippen molar-refractivity contribution in [3.05, 3.63) is 93.6 Å². The lowest BCUT2D eigenvalue weighted by Gasteiger charge is -2.35. The van der Waals surface area contributed by atoms with Crippen LogP contribution in [0.15, 0.2) is 48.8 Å². The minimum absolute atomic E-state index is 0.0722. The van der Waals surface area contributed by atoms with E-state index in [0.717, 1.165) is 52.9 Å². The number of hydrogen-bond acceptors (Lipinski definition) is 6. The second-order valence-corrected chi connectivity index (χ2v) is 9.40. The molecule has 7 nitrogen and oxygen atoms in total. The summed E-state index contributed by atoms with van der Waals surface area (Å²) in [5.74, 6) is -0.888. The molecular weight excluding hydrogens is 440 g/mol. The molecule has 2 heterocycles. The highest BCUT2D eigenvalue weighted by atomic mass is 16.4. The zero-order valence-electron chi connectivity index (χ0n) is 20.5. The summed E-state index contributed by atoms with van der Waals surface area (Å²) in [6.07, 6.45) is 6.99. The molecule has 35 heavy (non-hydrogen) atoms. The Balaban J connectivity index is 1.63. The van der Waals surface area contributed by atoms with Gasteiger partial charge in [-0.1, -0.05) is 30.3 Å². The van der Waals surface area contributed by atoms with E-state index in [0.29, 0.717) is 19.6 Å². The van der Waals surface area contributed by atoms with E-state index < -0.39 is 5.97 Å². The van der Waals surface area contributed by atoms with E-state index in [2.05, 4.69) is 36.2 Å². The van der Waals surface area contributed by atoms with Gasteiger partial charge in [-0.25, -0.2) is 0 Å². The van der Waals surface area contributed by atoms with Gasteiger partial charge in [0.15, 0.2) is 0 Å². The van der Waals surface area contributed by atoms with Crippen molar-refractivity contribution in [1.29, 1.82) is 0 Å². The standard InChI is InChI=1S/C28H34N4O3/c1-19-11-20(2)25(31-13-19)17-32(26-7-3-5-22-6-4-10-30-28(22)26)16-23-9-8-21(12-24(23)18-33)14-29-15-27(34)35/h4,6,8-13,26,29,33H,3,5,7,14-18H2,1-2H3,(H,34,35). The number of aryl methyl sites for hydroxylation is 3. The summed E-state index contributed by atoms with van der Waals surface area (Å²) in [4.78, 5) is 22.8. The summed E-state index contributed by atoms with van der Waals surface area (Å²) in [6.45, 7) is 5.80. The minimum atomic E-state index is -0.888. The molecule has 184 valence electrons. The number of rotatable bonds is 10. The molecule has 0 bridgehead atoms. The van der Waals surface area contributed by atoms with Crippen molar-refractivity contribution in [2.24, 2.45) is 0 Å². The SMILES string of the molecule is Cc1cnc(CN(Cc2ccc(CNCC(=O)O)cc2CO)C2CCCc3cccnc32)c(C)c1. The highest BCUT2D eigenvalue weighted by Gasteiger charge is 2.28. The average molecular weight is 475 g/mol. The molecule has 0 saturated carbocycles. The lowest BCUT2D eigenvalue weighted by atomic mass is 9.90. The van der Waals surface area contributed by atoms with Crippen LogP contribution >= 0.6 is 0 Å². The van der Waals surface area contributed by atoms with Gasteiger partial charge < -0.3 is 15.5 Å². The summed E-state index contributed by atoms with van der Waals surface area (Å²) < 4.78 is 0. The molecule has 0 spiro atoms. The molecule has 2 aromatic heterocycles. The molecule has 3 N–H and O–H groups in total. The summed E-state index contributed by atoms with van der Waals surface area (Å²) in [6, 6.07) is 12.6. The third kappa shape index (κ3) is 6.31. The Labute approximate surface area is 206 Å². The fourth-order valence-corrected chi connectivity index (χ4v) is 4.94. The van der Waals surface area contributed by atoms with Crippen LogP contribution in [0.5, 0.6) is 0 Å². The molecule has 0 aliphatic heterocycles. The van der Waals surface area contributed by atoms with Crippen molar-refractivity contribution in [3.8, 4) is 0 Å². The maximum atomic E-state index is 10.8. The van der Waals surface area contributed by atoms with E-state index in [1.54, 1.807) is 0 Å². The van der Waals surface area contributed by atoms with Crippen molar-refractivity contribution in [3.63, 3.8) is 0 Å². The molecule has 0 radical (unpaired) electrons. The van der Waals surface area contributed by atoms with Crippen LogP contribution in [-0.4, -0.2) is 37.6 Å². The third-order valence-corrected chi connectivity index (χ3v) is 6.70. The zero-order chi connectivity index (χ0) is 24.8. The number of hydrogen-bond donors (Lipinski definition) is 3. The Morgan fingerprint density at radius 2 is 2.00 bits per heavy atom. The normalized spacial score (nSPS) is 15.3. The Morgan fingerprint density at radius 3 is 2.77 bits per heavy atom. The van der Waals surface area contributed by atoms with E-state index >= 15 is 0 Å². The molecule has 1 aliphatic carbocycles. The van der Waals surface area contributed by atoms with Crippen LogP contribution in [-0.2, 0) is 37.5 Å². The van der Waals surface area contributed by atoms with Gasteiger partial charge in [-0.15, -0.1) is 0 Å². The predicted octanol–water partition coefficient (Wildman–Crippen LogP) is 3.84. The fourth-order valence-electron chi connectivity index (χ4n) is 4.94. The first kappa shape index (κ1) is 25.0. The maximum absolute atomic E-state index is 10.8. The average Bonchev–Trinajstić information content (AvgIpc) is 2.85. The number of benzene rings is 1. The molecule has 1 atom stereocenters. The first-order valence-electron chi connectivity index (χ1n) is 12.2. The largest absolute Gasteiger partial charge is 0.480 e. The molecule has 1 unspecified atom stereocenters.